The molecule has 7 heteroatoms. The molecule has 2 aromatic heterocycles. The lowest BCUT2D eigenvalue weighted by atomic mass is 9.75. The van der Waals surface area contributed by atoms with Crippen molar-refractivity contribution in [3.05, 3.63) is 36.2 Å². The molecule has 2 aliphatic rings. The van der Waals surface area contributed by atoms with E-state index in [1.807, 2.05) is 24.5 Å². The SMILES string of the molecule is CCn1cnc2c(Nc3cccc(C#N)c3)nc(N3CCC4CCCCC4C3)nc21. The van der Waals surface area contributed by atoms with Crippen molar-refractivity contribution in [1.29, 1.82) is 5.26 Å². The van der Waals surface area contributed by atoms with E-state index in [9.17, 15) is 5.26 Å². The molecule has 0 spiro atoms. The largest absolute Gasteiger partial charge is 0.340 e. The number of hydrogen-bond donors (Lipinski definition) is 1. The van der Waals surface area contributed by atoms with Gasteiger partial charge in [0.15, 0.2) is 17.0 Å². The van der Waals surface area contributed by atoms with Crippen LogP contribution in [0.1, 0.15) is 44.6 Å². The van der Waals surface area contributed by atoms with Crippen LogP contribution in [0.4, 0.5) is 17.5 Å². The summed E-state index contributed by atoms with van der Waals surface area (Å²) in [7, 11) is 0. The lowest BCUT2D eigenvalue weighted by molar-refractivity contribution is 0.201. The number of aromatic nitrogens is 4. The molecule has 1 saturated carbocycles. The molecule has 3 heterocycles. The summed E-state index contributed by atoms with van der Waals surface area (Å²) in [5, 5.41) is 12.6. The molecule has 0 bridgehead atoms. The summed E-state index contributed by atoms with van der Waals surface area (Å²) in [6, 6.07) is 9.64. The van der Waals surface area contributed by atoms with Crippen LogP contribution in [-0.4, -0.2) is 32.6 Å². The molecule has 1 aliphatic carbocycles. The van der Waals surface area contributed by atoms with Crippen molar-refractivity contribution >= 4 is 28.6 Å². The molecule has 2 unspecified atom stereocenters. The number of nitrogens with one attached hydrogen (secondary N) is 1. The number of nitriles is 1. The highest BCUT2D eigenvalue weighted by Crippen LogP contribution is 2.37. The molecule has 1 N–H and O–H groups in total. The van der Waals surface area contributed by atoms with Crippen LogP contribution in [0.15, 0.2) is 30.6 Å². The Labute approximate surface area is 176 Å². The van der Waals surface area contributed by atoms with E-state index in [0.29, 0.717) is 11.4 Å². The monoisotopic (exact) mass is 401 g/mol. The fourth-order valence-electron chi connectivity index (χ4n) is 4.98. The van der Waals surface area contributed by atoms with E-state index < -0.39 is 0 Å². The molecule has 1 aromatic carbocycles. The standard InChI is InChI=1S/C23H27N7/c1-2-29-15-25-20-21(26-19-9-5-6-16(12-19)13-24)27-23(28-22(20)29)30-11-10-17-7-3-4-8-18(17)14-30/h5-6,9,12,15,17-18H,2-4,7-8,10-11,14H2,1H3,(H,26,27,28). The van der Waals surface area contributed by atoms with Gasteiger partial charge >= 0.3 is 0 Å². The summed E-state index contributed by atoms with van der Waals surface area (Å²) < 4.78 is 2.06. The lowest BCUT2D eigenvalue weighted by Gasteiger charge is -2.41. The Morgan fingerprint density at radius 1 is 1.17 bits per heavy atom. The Kier molecular flexibility index (Phi) is 4.99. The molecule has 154 valence electrons. The van der Waals surface area contributed by atoms with Gasteiger partial charge in [-0.1, -0.05) is 25.3 Å². The minimum absolute atomic E-state index is 0.615. The van der Waals surface area contributed by atoms with Crippen LogP contribution in [0.5, 0.6) is 0 Å². The van der Waals surface area contributed by atoms with E-state index in [2.05, 4.69) is 32.8 Å². The van der Waals surface area contributed by atoms with Gasteiger partial charge in [-0.3, -0.25) is 0 Å². The maximum atomic E-state index is 9.22. The van der Waals surface area contributed by atoms with Crippen molar-refractivity contribution in [2.45, 2.75) is 45.6 Å². The molecular formula is C23H27N7. The number of nitrogens with zero attached hydrogens (tertiary/aromatic N) is 6. The third-order valence-corrected chi connectivity index (χ3v) is 6.62. The quantitative estimate of drug-likeness (QED) is 0.694. The first-order valence-electron chi connectivity index (χ1n) is 11.0. The Morgan fingerprint density at radius 3 is 2.87 bits per heavy atom. The summed E-state index contributed by atoms with van der Waals surface area (Å²) in [4.78, 5) is 16.8. The van der Waals surface area contributed by atoms with Crippen molar-refractivity contribution in [3.63, 3.8) is 0 Å². The first-order valence-corrected chi connectivity index (χ1v) is 11.0. The Hall–Kier alpha value is -3.14. The zero-order valence-electron chi connectivity index (χ0n) is 17.4. The number of aryl methyl sites for hydroxylation is 1. The van der Waals surface area contributed by atoms with Gasteiger partial charge in [-0.25, -0.2) is 4.98 Å². The normalized spacial score (nSPS) is 21.3. The van der Waals surface area contributed by atoms with Gasteiger partial charge in [0.05, 0.1) is 18.0 Å². The molecule has 2 atom stereocenters. The third kappa shape index (κ3) is 3.47. The summed E-state index contributed by atoms with van der Waals surface area (Å²) in [6.45, 7) is 4.96. The van der Waals surface area contributed by atoms with Crippen LogP contribution in [0.25, 0.3) is 11.2 Å². The van der Waals surface area contributed by atoms with Gasteiger partial charge in [0.2, 0.25) is 5.95 Å². The molecule has 1 aliphatic heterocycles. The highest BCUT2D eigenvalue weighted by molar-refractivity contribution is 5.86. The molecule has 3 aromatic rings. The predicted octanol–water partition coefficient (Wildman–Crippen LogP) is 4.48. The number of piperidine rings is 1. The number of rotatable bonds is 4. The van der Waals surface area contributed by atoms with Crippen LogP contribution < -0.4 is 10.2 Å². The van der Waals surface area contributed by atoms with Crippen molar-refractivity contribution in [1.82, 2.24) is 19.5 Å². The zero-order chi connectivity index (χ0) is 20.5. The summed E-state index contributed by atoms with van der Waals surface area (Å²) in [5.74, 6) is 3.10. The fraction of sp³-hybridized carbons (Fsp3) is 0.478. The van der Waals surface area contributed by atoms with E-state index in [0.717, 1.165) is 54.3 Å². The third-order valence-electron chi connectivity index (χ3n) is 6.62. The van der Waals surface area contributed by atoms with E-state index in [4.69, 9.17) is 9.97 Å². The smallest absolute Gasteiger partial charge is 0.229 e. The minimum atomic E-state index is 0.615. The maximum absolute atomic E-state index is 9.22. The second-order valence-corrected chi connectivity index (χ2v) is 8.43. The Balaban J connectivity index is 1.52. The molecule has 0 radical (unpaired) electrons. The predicted molar refractivity (Wildman–Crippen MR) is 118 cm³/mol. The summed E-state index contributed by atoms with van der Waals surface area (Å²) in [5.41, 5.74) is 3.06. The molecule has 2 fully saturated rings. The van der Waals surface area contributed by atoms with Gasteiger partial charge in [-0.15, -0.1) is 0 Å². The fourth-order valence-corrected chi connectivity index (χ4v) is 4.98. The summed E-state index contributed by atoms with van der Waals surface area (Å²) >= 11 is 0. The maximum Gasteiger partial charge on any atom is 0.229 e. The van der Waals surface area contributed by atoms with Crippen molar-refractivity contribution < 1.29 is 0 Å². The molecule has 7 nitrogen and oxygen atoms in total. The first kappa shape index (κ1) is 18.9. The molecule has 5 rings (SSSR count). The molecule has 1 saturated heterocycles. The molecular weight excluding hydrogens is 374 g/mol. The second-order valence-electron chi connectivity index (χ2n) is 8.43. The average Bonchev–Trinajstić information content (AvgIpc) is 3.22. The van der Waals surface area contributed by atoms with Gasteiger partial charge in [-0.2, -0.15) is 15.2 Å². The topological polar surface area (TPSA) is 82.7 Å². The minimum Gasteiger partial charge on any atom is -0.340 e. The Bertz CT molecular complexity index is 1100. The molecule has 0 amide bonds. The number of anilines is 3. The molecule has 30 heavy (non-hydrogen) atoms. The van der Waals surface area contributed by atoms with Crippen LogP contribution in [-0.2, 0) is 6.54 Å². The van der Waals surface area contributed by atoms with Crippen LogP contribution in [0.3, 0.4) is 0 Å². The van der Waals surface area contributed by atoms with Crippen molar-refractivity contribution in [3.8, 4) is 6.07 Å². The lowest BCUT2D eigenvalue weighted by Crippen LogP contribution is -2.42. The highest BCUT2D eigenvalue weighted by atomic mass is 15.3. The van der Waals surface area contributed by atoms with Gasteiger partial charge in [0.1, 0.15) is 0 Å². The van der Waals surface area contributed by atoms with Crippen LogP contribution in [0.2, 0.25) is 0 Å². The Morgan fingerprint density at radius 2 is 2.03 bits per heavy atom. The van der Waals surface area contributed by atoms with Gasteiger partial charge < -0.3 is 14.8 Å². The van der Waals surface area contributed by atoms with Gasteiger partial charge in [-0.05, 0) is 49.8 Å². The number of benzene rings is 1. The van der Waals surface area contributed by atoms with Crippen molar-refractivity contribution in [2.75, 3.05) is 23.3 Å². The number of hydrogen-bond acceptors (Lipinski definition) is 6. The zero-order valence-corrected chi connectivity index (χ0v) is 17.4. The number of fused-ring (bicyclic) bond motifs is 2. The average molecular weight is 402 g/mol. The van der Waals surface area contributed by atoms with Gasteiger partial charge in [0.25, 0.3) is 0 Å². The second kappa shape index (κ2) is 7.94. The van der Waals surface area contributed by atoms with E-state index in [-0.39, 0.29) is 0 Å². The van der Waals surface area contributed by atoms with E-state index in [1.165, 1.54) is 32.1 Å². The van der Waals surface area contributed by atoms with Crippen molar-refractivity contribution in [2.24, 2.45) is 11.8 Å². The highest BCUT2D eigenvalue weighted by Gasteiger charge is 2.32. The van der Waals surface area contributed by atoms with Crippen LogP contribution >= 0.6 is 0 Å². The summed E-state index contributed by atoms with van der Waals surface area (Å²) in [6.07, 6.45) is 8.49. The van der Waals surface area contributed by atoms with Gasteiger partial charge in [0, 0.05) is 25.3 Å². The van der Waals surface area contributed by atoms with E-state index >= 15 is 0 Å². The first-order chi connectivity index (χ1) is 14.7. The number of imidazole rings is 1. The van der Waals surface area contributed by atoms with Crippen LogP contribution in [0, 0.1) is 23.2 Å². The van der Waals surface area contributed by atoms with E-state index in [1.54, 1.807) is 6.07 Å².